The molecule has 18 heavy (non-hydrogen) atoms. The molecular formula is C13H17NO4. The second-order valence-electron chi connectivity index (χ2n) is 4.87. The summed E-state index contributed by atoms with van der Waals surface area (Å²) in [4.78, 5) is 11.9. The maximum absolute atomic E-state index is 11.9. The van der Waals surface area contributed by atoms with E-state index in [-0.39, 0.29) is 22.6 Å². The number of rotatable bonds is 4. The molecule has 0 radical (unpaired) electrons. The van der Waals surface area contributed by atoms with E-state index < -0.39 is 0 Å². The van der Waals surface area contributed by atoms with Gasteiger partial charge in [0.25, 0.3) is 5.91 Å². The fraction of sp³-hybridized carbons (Fsp3) is 0.462. The molecule has 1 aromatic carbocycles. The van der Waals surface area contributed by atoms with E-state index in [9.17, 15) is 9.90 Å². The maximum atomic E-state index is 11.9. The van der Waals surface area contributed by atoms with E-state index in [1.807, 2.05) is 6.92 Å². The van der Waals surface area contributed by atoms with E-state index >= 15 is 0 Å². The third-order valence-corrected chi connectivity index (χ3v) is 3.03. The third kappa shape index (κ3) is 2.56. The number of hydrogen-bond donors (Lipinski definition) is 2. The molecule has 1 aromatic rings. The van der Waals surface area contributed by atoms with Crippen LogP contribution in [0, 0.1) is 5.41 Å². The summed E-state index contributed by atoms with van der Waals surface area (Å²) in [7, 11) is 1.51. The number of ether oxygens (including phenoxy) is 2. The Bertz CT molecular complexity index is 454. The van der Waals surface area contributed by atoms with Gasteiger partial charge in [-0.25, -0.2) is 0 Å². The highest BCUT2D eigenvalue weighted by Crippen LogP contribution is 2.26. The monoisotopic (exact) mass is 251 g/mol. The zero-order chi connectivity index (χ0) is 13.2. The molecule has 0 saturated carbocycles. The summed E-state index contributed by atoms with van der Waals surface area (Å²) in [6, 6.07) is 4.61. The van der Waals surface area contributed by atoms with Crippen LogP contribution in [0.15, 0.2) is 18.2 Å². The number of carbonyl (C=O) groups excluding carboxylic acids is 1. The first-order valence-electron chi connectivity index (χ1n) is 5.77. The Balaban J connectivity index is 2.00. The predicted molar refractivity (Wildman–Crippen MR) is 65.9 cm³/mol. The quantitative estimate of drug-likeness (QED) is 0.842. The first kappa shape index (κ1) is 12.7. The number of benzene rings is 1. The van der Waals surface area contributed by atoms with E-state index in [0.717, 1.165) is 0 Å². The number of nitrogens with one attached hydrogen (secondary N) is 1. The molecule has 0 aliphatic carbocycles. The lowest BCUT2D eigenvalue weighted by molar-refractivity contribution is -0.0978. The lowest BCUT2D eigenvalue weighted by Gasteiger charge is -2.38. The van der Waals surface area contributed by atoms with Gasteiger partial charge in [0.15, 0.2) is 0 Å². The highest BCUT2D eigenvalue weighted by Gasteiger charge is 2.33. The zero-order valence-electron chi connectivity index (χ0n) is 10.5. The van der Waals surface area contributed by atoms with Crippen molar-refractivity contribution >= 4 is 5.91 Å². The summed E-state index contributed by atoms with van der Waals surface area (Å²) in [5, 5.41) is 12.5. The summed E-state index contributed by atoms with van der Waals surface area (Å²) >= 11 is 0. The fourth-order valence-electron chi connectivity index (χ4n) is 1.77. The maximum Gasteiger partial charge on any atom is 0.255 e. The molecule has 0 bridgehead atoms. The second kappa shape index (κ2) is 4.86. The molecule has 0 unspecified atom stereocenters. The van der Waals surface area contributed by atoms with Gasteiger partial charge in [0.1, 0.15) is 11.5 Å². The van der Waals surface area contributed by atoms with Gasteiger partial charge in [-0.3, -0.25) is 4.79 Å². The fourth-order valence-corrected chi connectivity index (χ4v) is 1.77. The number of hydrogen-bond acceptors (Lipinski definition) is 4. The van der Waals surface area contributed by atoms with E-state index in [4.69, 9.17) is 9.47 Å². The SMILES string of the molecule is COc1ccc(C(=O)NCC2(C)COC2)c(O)c1. The van der Waals surface area contributed by atoms with E-state index in [1.165, 1.54) is 13.2 Å². The van der Waals surface area contributed by atoms with Gasteiger partial charge >= 0.3 is 0 Å². The molecule has 5 nitrogen and oxygen atoms in total. The Morgan fingerprint density at radius 3 is 2.78 bits per heavy atom. The highest BCUT2D eigenvalue weighted by atomic mass is 16.5. The minimum atomic E-state index is -0.289. The van der Waals surface area contributed by atoms with Crippen molar-refractivity contribution in [2.75, 3.05) is 26.9 Å². The molecule has 2 N–H and O–H groups in total. The van der Waals surface area contributed by atoms with Gasteiger partial charge in [-0.05, 0) is 12.1 Å². The topological polar surface area (TPSA) is 67.8 Å². The predicted octanol–water partition coefficient (Wildman–Crippen LogP) is 1.17. The van der Waals surface area contributed by atoms with Crippen LogP contribution in [0.25, 0.3) is 0 Å². The number of methoxy groups -OCH3 is 1. The highest BCUT2D eigenvalue weighted by molar-refractivity contribution is 5.97. The van der Waals surface area contributed by atoms with Crippen LogP contribution in [-0.4, -0.2) is 37.9 Å². The van der Waals surface area contributed by atoms with Gasteiger partial charge in [-0.2, -0.15) is 0 Å². The molecule has 2 rings (SSSR count). The molecular weight excluding hydrogens is 234 g/mol. The summed E-state index contributed by atoms with van der Waals surface area (Å²) < 4.78 is 10.1. The summed E-state index contributed by atoms with van der Waals surface area (Å²) in [5.74, 6) is 0.147. The van der Waals surface area contributed by atoms with Gasteiger partial charge in [0.2, 0.25) is 0 Å². The zero-order valence-corrected chi connectivity index (χ0v) is 10.5. The van der Waals surface area contributed by atoms with Crippen LogP contribution in [-0.2, 0) is 4.74 Å². The third-order valence-electron chi connectivity index (χ3n) is 3.03. The molecule has 5 heteroatoms. The van der Waals surface area contributed by atoms with Crippen LogP contribution in [0.1, 0.15) is 17.3 Å². The smallest absolute Gasteiger partial charge is 0.255 e. The molecule has 1 saturated heterocycles. The number of phenols is 1. The number of amides is 1. The van der Waals surface area contributed by atoms with Crippen LogP contribution in [0.5, 0.6) is 11.5 Å². The van der Waals surface area contributed by atoms with Gasteiger partial charge < -0.3 is 19.9 Å². The molecule has 0 aromatic heterocycles. The Kier molecular flexibility index (Phi) is 3.43. The van der Waals surface area contributed by atoms with Crippen molar-refractivity contribution in [3.05, 3.63) is 23.8 Å². The summed E-state index contributed by atoms with van der Waals surface area (Å²) in [6.07, 6.45) is 0. The Hall–Kier alpha value is -1.75. The molecule has 1 heterocycles. The largest absolute Gasteiger partial charge is 0.507 e. The van der Waals surface area contributed by atoms with Crippen molar-refractivity contribution < 1.29 is 19.4 Å². The van der Waals surface area contributed by atoms with Crippen molar-refractivity contribution in [2.24, 2.45) is 5.41 Å². The Morgan fingerprint density at radius 1 is 1.56 bits per heavy atom. The van der Waals surface area contributed by atoms with Crippen molar-refractivity contribution in [2.45, 2.75) is 6.92 Å². The van der Waals surface area contributed by atoms with Crippen LogP contribution < -0.4 is 10.1 Å². The molecule has 0 spiro atoms. The minimum absolute atomic E-state index is 0.0117. The first-order chi connectivity index (χ1) is 8.54. The Labute approximate surface area is 106 Å². The normalized spacial score (nSPS) is 16.8. The first-order valence-corrected chi connectivity index (χ1v) is 5.77. The number of aromatic hydroxyl groups is 1. The van der Waals surface area contributed by atoms with E-state index in [1.54, 1.807) is 12.1 Å². The summed E-state index contributed by atoms with van der Waals surface area (Å²) in [5.41, 5.74) is 0.261. The molecule has 1 aliphatic rings. The lowest BCUT2D eigenvalue weighted by atomic mass is 9.88. The molecule has 1 amide bonds. The van der Waals surface area contributed by atoms with E-state index in [0.29, 0.717) is 25.5 Å². The number of phenolic OH excluding ortho intramolecular Hbond substituents is 1. The van der Waals surface area contributed by atoms with Gasteiger partial charge in [0, 0.05) is 18.0 Å². The Morgan fingerprint density at radius 2 is 2.28 bits per heavy atom. The van der Waals surface area contributed by atoms with Crippen molar-refractivity contribution in [1.82, 2.24) is 5.32 Å². The average Bonchev–Trinajstić information content (AvgIpc) is 2.33. The van der Waals surface area contributed by atoms with Crippen LogP contribution in [0.4, 0.5) is 0 Å². The molecule has 1 aliphatic heterocycles. The minimum Gasteiger partial charge on any atom is -0.507 e. The second-order valence-corrected chi connectivity index (χ2v) is 4.87. The molecule has 98 valence electrons. The van der Waals surface area contributed by atoms with Gasteiger partial charge in [-0.15, -0.1) is 0 Å². The molecule has 0 atom stereocenters. The number of carbonyl (C=O) groups is 1. The van der Waals surface area contributed by atoms with Gasteiger partial charge in [0.05, 0.1) is 25.9 Å². The van der Waals surface area contributed by atoms with E-state index in [2.05, 4.69) is 5.32 Å². The van der Waals surface area contributed by atoms with Crippen LogP contribution in [0.3, 0.4) is 0 Å². The molecule has 1 fully saturated rings. The van der Waals surface area contributed by atoms with Crippen LogP contribution in [0.2, 0.25) is 0 Å². The van der Waals surface area contributed by atoms with Crippen molar-refractivity contribution in [3.63, 3.8) is 0 Å². The standard InChI is InChI=1S/C13H17NO4/c1-13(7-18-8-13)6-14-12(16)10-4-3-9(17-2)5-11(10)15/h3-5,15H,6-8H2,1-2H3,(H,14,16). The van der Waals surface area contributed by atoms with Gasteiger partial charge in [-0.1, -0.05) is 6.92 Å². The van der Waals surface area contributed by atoms with Crippen molar-refractivity contribution in [1.29, 1.82) is 0 Å². The van der Waals surface area contributed by atoms with Crippen LogP contribution >= 0.6 is 0 Å². The average molecular weight is 251 g/mol. The van der Waals surface area contributed by atoms with Crippen molar-refractivity contribution in [3.8, 4) is 11.5 Å². The lowest BCUT2D eigenvalue weighted by Crippen LogP contribution is -2.48. The summed E-state index contributed by atoms with van der Waals surface area (Å²) in [6.45, 7) is 3.89.